The number of carbonyl (C=O) groups is 2. The van der Waals surface area contributed by atoms with E-state index in [2.05, 4.69) is 13.2 Å². The molecule has 0 aromatic carbocycles. The molecule has 1 heterocycles. The quantitative estimate of drug-likeness (QED) is 0.695. The van der Waals surface area contributed by atoms with Crippen LogP contribution in [0.4, 0.5) is 0 Å². The fourth-order valence-electron chi connectivity index (χ4n) is 2.24. The molecule has 0 radical (unpaired) electrons. The Bertz CT molecular complexity index is 303. The third-order valence-electron chi connectivity index (χ3n) is 3.09. The molecule has 0 bridgehead atoms. The molecule has 4 heteroatoms. The van der Waals surface area contributed by atoms with E-state index in [0.717, 1.165) is 19.3 Å². The molecule has 0 N–H and O–H groups in total. The zero-order chi connectivity index (χ0) is 12.8. The molecule has 1 saturated heterocycles. The summed E-state index contributed by atoms with van der Waals surface area (Å²) in [6.45, 7) is 10.2. The normalized spacial score (nSPS) is 19.6. The average molecular weight is 236 g/mol. The average Bonchev–Trinajstić information content (AvgIpc) is 2.39. The molecule has 0 spiro atoms. The van der Waals surface area contributed by atoms with Crippen molar-refractivity contribution in [1.29, 1.82) is 0 Å². The lowest BCUT2D eigenvalue weighted by Gasteiger charge is -2.41. The maximum absolute atomic E-state index is 11.8. The summed E-state index contributed by atoms with van der Waals surface area (Å²) in [4.78, 5) is 26.9. The van der Waals surface area contributed by atoms with E-state index >= 15 is 0 Å². The van der Waals surface area contributed by atoms with Gasteiger partial charge < -0.3 is 9.80 Å². The van der Waals surface area contributed by atoms with Crippen LogP contribution < -0.4 is 0 Å². The summed E-state index contributed by atoms with van der Waals surface area (Å²) in [5.74, 6) is -0.230. The molecule has 0 aromatic heterocycles. The van der Waals surface area contributed by atoms with Crippen LogP contribution in [0.2, 0.25) is 0 Å². The third-order valence-corrected chi connectivity index (χ3v) is 3.09. The van der Waals surface area contributed by atoms with Gasteiger partial charge in [-0.15, -0.1) is 0 Å². The van der Waals surface area contributed by atoms with Crippen molar-refractivity contribution >= 4 is 11.8 Å². The molecule has 94 valence electrons. The molecule has 4 nitrogen and oxygen atoms in total. The van der Waals surface area contributed by atoms with Gasteiger partial charge in [-0.25, -0.2) is 0 Å². The van der Waals surface area contributed by atoms with Crippen LogP contribution in [0.5, 0.6) is 0 Å². The predicted octanol–water partition coefficient (Wildman–Crippen LogP) is 1.55. The summed E-state index contributed by atoms with van der Waals surface area (Å²) in [6, 6.07) is 0. The highest BCUT2D eigenvalue weighted by Crippen LogP contribution is 2.21. The molecule has 1 rings (SSSR count). The zero-order valence-corrected chi connectivity index (χ0v) is 10.4. The number of rotatable bonds is 4. The lowest BCUT2D eigenvalue weighted by molar-refractivity contribution is -0.142. The molecule has 1 aliphatic rings. The Hall–Kier alpha value is -1.58. The first-order valence-corrected chi connectivity index (χ1v) is 6.01. The van der Waals surface area contributed by atoms with Gasteiger partial charge in [0.25, 0.3) is 0 Å². The van der Waals surface area contributed by atoms with E-state index in [1.165, 1.54) is 12.2 Å². The maximum Gasteiger partial charge on any atom is 0.247 e. The fourth-order valence-corrected chi connectivity index (χ4v) is 2.24. The summed E-state index contributed by atoms with van der Waals surface area (Å²) in [5.41, 5.74) is 0. The number of piperidine rings is 1. The summed E-state index contributed by atoms with van der Waals surface area (Å²) in [5, 5.41) is 0. The SMILES string of the molecule is C=CC(=O)N(CC)C1CCCCN1C(=O)C=C. The molecule has 2 amide bonds. The van der Waals surface area contributed by atoms with Crippen molar-refractivity contribution in [3.05, 3.63) is 25.3 Å². The topological polar surface area (TPSA) is 40.6 Å². The van der Waals surface area contributed by atoms with Gasteiger partial charge in [0, 0.05) is 13.1 Å². The van der Waals surface area contributed by atoms with Crippen molar-refractivity contribution in [3.63, 3.8) is 0 Å². The van der Waals surface area contributed by atoms with E-state index in [9.17, 15) is 9.59 Å². The van der Waals surface area contributed by atoms with E-state index in [-0.39, 0.29) is 18.0 Å². The Balaban J connectivity index is 2.88. The lowest BCUT2D eigenvalue weighted by Crippen LogP contribution is -2.54. The predicted molar refractivity (Wildman–Crippen MR) is 67.1 cm³/mol. The second-order valence-corrected chi connectivity index (χ2v) is 4.04. The first kappa shape index (κ1) is 13.5. The molecule has 1 unspecified atom stereocenters. The largest absolute Gasteiger partial charge is 0.319 e. The Kier molecular flexibility index (Phi) is 4.94. The van der Waals surface area contributed by atoms with Crippen molar-refractivity contribution in [1.82, 2.24) is 9.80 Å². The molecule has 1 aliphatic heterocycles. The van der Waals surface area contributed by atoms with Crippen LogP contribution in [0.15, 0.2) is 25.3 Å². The fraction of sp³-hybridized carbons (Fsp3) is 0.538. The minimum Gasteiger partial charge on any atom is -0.319 e. The van der Waals surface area contributed by atoms with Gasteiger partial charge in [-0.3, -0.25) is 9.59 Å². The van der Waals surface area contributed by atoms with Crippen LogP contribution in [0.1, 0.15) is 26.2 Å². The van der Waals surface area contributed by atoms with Crippen LogP contribution in [-0.4, -0.2) is 40.9 Å². The molecular weight excluding hydrogens is 216 g/mol. The molecule has 0 aromatic rings. The Morgan fingerprint density at radius 1 is 1.35 bits per heavy atom. The minimum absolute atomic E-state index is 0.106. The van der Waals surface area contributed by atoms with Gasteiger partial charge in [0.1, 0.15) is 6.17 Å². The highest BCUT2D eigenvalue weighted by Gasteiger charge is 2.31. The molecule has 1 fully saturated rings. The lowest BCUT2D eigenvalue weighted by atomic mass is 10.1. The summed E-state index contributed by atoms with van der Waals surface area (Å²) >= 11 is 0. The summed E-state index contributed by atoms with van der Waals surface area (Å²) in [6.07, 6.45) is 5.30. The Morgan fingerprint density at radius 2 is 2.06 bits per heavy atom. The number of hydrogen-bond acceptors (Lipinski definition) is 2. The summed E-state index contributed by atoms with van der Waals surface area (Å²) in [7, 11) is 0. The van der Waals surface area contributed by atoms with Gasteiger partial charge in [-0.2, -0.15) is 0 Å². The van der Waals surface area contributed by atoms with Gasteiger partial charge in [-0.05, 0) is 38.3 Å². The number of likely N-dealkylation sites (tertiary alicyclic amines) is 1. The molecule has 0 saturated carbocycles. The van der Waals surface area contributed by atoms with E-state index < -0.39 is 0 Å². The first-order valence-electron chi connectivity index (χ1n) is 6.01. The number of nitrogens with zero attached hydrogens (tertiary/aromatic N) is 2. The van der Waals surface area contributed by atoms with Gasteiger partial charge >= 0.3 is 0 Å². The van der Waals surface area contributed by atoms with Gasteiger partial charge in [-0.1, -0.05) is 13.2 Å². The van der Waals surface area contributed by atoms with E-state index in [1.54, 1.807) is 9.80 Å². The van der Waals surface area contributed by atoms with E-state index in [1.807, 2.05) is 6.92 Å². The Labute approximate surface area is 103 Å². The molecule has 0 aliphatic carbocycles. The van der Waals surface area contributed by atoms with Crippen LogP contribution in [0, 0.1) is 0 Å². The highest BCUT2D eigenvalue weighted by molar-refractivity contribution is 5.89. The minimum atomic E-state index is -0.148. The molecule has 17 heavy (non-hydrogen) atoms. The van der Waals surface area contributed by atoms with Crippen LogP contribution in [0.3, 0.4) is 0 Å². The molecule has 1 atom stereocenters. The second-order valence-electron chi connectivity index (χ2n) is 4.04. The van der Waals surface area contributed by atoms with Gasteiger partial charge in [0.2, 0.25) is 11.8 Å². The van der Waals surface area contributed by atoms with Crippen LogP contribution in [-0.2, 0) is 9.59 Å². The first-order chi connectivity index (χ1) is 8.15. The van der Waals surface area contributed by atoms with Crippen molar-refractivity contribution in [2.24, 2.45) is 0 Å². The van der Waals surface area contributed by atoms with Crippen molar-refractivity contribution in [2.75, 3.05) is 13.1 Å². The Morgan fingerprint density at radius 3 is 2.59 bits per heavy atom. The second kappa shape index (κ2) is 6.23. The van der Waals surface area contributed by atoms with Crippen molar-refractivity contribution < 1.29 is 9.59 Å². The third kappa shape index (κ3) is 2.96. The van der Waals surface area contributed by atoms with E-state index in [4.69, 9.17) is 0 Å². The smallest absolute Gasteiger partial charge is 0.247 e. The molecular formula is C13H20N2O2. The number of carbonyl (C=O) groups excluding carboxylic acids is 2. The zero-order valence-electron chi connectivity index (χ0n) is 10.4. The highest BCUT2D eigenvalue weighted by atomic mass is 16.2. The van der Waals surface area contributed by atoms with Crippen LogP contribution in [0.25, 0.3) is 0 Å². The van der Waals surface area contributed by atoms with Crippen molar-refractivity contribution in [3.8, 4) is 0 Å². The number of likely N-dealkylation sites (N-methyl/N-ethyl adjacent to an activating group) is 1. The standard InChI is InChI=1S/C13H20N2O2/c1-4-12(16)14(6-3)11-9-7-8-10-15(11)13(17)5-2/h4-5,11H,1-2,6-10H2,3H3. The number of hydrogen-bond donors (Lipinski definition) is 0. The summed E-state index contributed by atoms with van der Waals surface area (Å²) < 4.78 is 0. The van der Waals surface area contributed by atoms with Crippen LogP contribution >= 0.6 is 0 Å². The van der Waals surface area contributed by atoms with E-state index in [0.29, 0.717) is 13.1 Å². The monoisotopic (exact) mass is 236 g/mol. The van der Waals surface area contributed by atoms with Gasteiger partial charge in [0.05, 0.1) is 0 Å². The maximum atomic E-state index is 11.8. The van der Waals surface area contributed by atoms with Gasteiger partial charge in [0.15, 0.2) is 0 Å². The van der Waals surface area contributed by atoms with Crippen molar-refractivity contribution in [2.45, 2.75) is 32.4 Å². The number of amides is 2.